The van der Waals surface area contributed by atoms with Crippen LogP contribution in [-0.2, 0) is 9.59 Å². The van der Waals surface area contributed by atoms with E-state index in [9.17, 15) is 9.59 Å². The molecule has 0 aliphatic carbocycles. The minimum atomic E-state index is -0.522. The Balaban J connectivity index is 0.00000220. The minimum Gasteiger partial charge on any atom is -0.484 e. The Morgan fingerprint density at radius 3 is 2.57 bits per heavy atom. The van der Waals surface area contributed by atoms with Crippen LogP contribution in [0.4, 0.5) is 5.69 Å². The molecule has 1 atom stereocenters. The minimum absolute atomic E-state index is 0. The van der Waals surface area contributed by atoms with E-state index in [0.29, 0.717) is 11.4 Å². The SMILES string of the molecule is Cl.NC(=O)COc1ccc(NC(=O)[C@H]2CCCCN2)cc1. The number of halogens is 1. The van der Waals surface area contributed by atoms with Crippen molar-refractivity contribution >= 4 is 29.9 Å². The summed E-state index contributed by atoms with van der Waals surface area (Å²) in [6.45, 7) is 0.732. The molecule has 1 aromatic rings. The van der Waals surface area contributed by atoms with E-state index < -0.39 is 5.91 Å². The molecule has 6 nitrogen and oxygen atoms in total. The van der Waals surface area contributed by atoms with Gasteiger partial charge in [-0.25, -0.2) is 0 Å². The maximum atomic E-state index is 12.0. The van der Waals surface area contributed by atoms with Crippen LogP contribution in [0.1, 0.15) is 19.3 Å². The second kappa shape index (κ2) is 8.49. The molecule has 0 saturated carbocycles. The van der Waals surface area contributed by atoms with Gasteiger partial charge in [0.15, 0.2) is 6.61 Å². The van der Waals surface area contributed by atoms with E-state index in [0.717, 1.165) is 25.8 Å². The third kappa shape index (κ3) is 5.61. The van der Waals surface area contributed by atoms with Gasteiger partial charge in [-0.15, -0.1) is 12.4 Å². The number of nitrogens with two attached hydrogens (primary N) is 1. The number of ether oxygens (including phenoxy) is 1. The number of anilines is 1. The molecule has 1 aliphatic rings. The molecule has 1 aliphatic heterocycles. The highest BCUT2D eigenvalue weighted by molar-refractivity contribution is 5.94. The molecule has 1 saturated heterocycles. The standard InChI is InChI=1S/C14H19N3O3.ClH/c15-13(18)9-20-11-6-4-10(5-7-11)17-14(19)12-3-1-2-8-16-12;/h4-7,12,16H,1-3,8-9H2,(H2,15,18)(H,17,19);1H/t12-;/m1./s1. The van der Waals surface area contributed by atoms with Crippen LogP contribution in [0.15, 0.2) is 24.3 Å². The number of carbonyl (C=O) groups excluding carboxylic acids is 2. The Kier molecular flexibility index (Phi) is 6.98. The molecule has 0 radical (unpaired) electrons. The monoisotopic (exact) mass is 313 g/mol. The van der Waals surface area contributed by atoms with Crippen LogP contribution < -0.4 is 21.1 Å². The van der Waals surface area contributed by atoms with Crippen molar-refractivity contribution in [2.24, 2.45) is 5.73 Å². The van der Waals surface area contributed by atoms with Gasteiger partial charge < -0.3 is 21.1 Å². The van der Waals surface area contributed by atoms with Crippen molar-refractivity contribution in [3.05, 3.63) is 24.3 Å². The van der Waals surface area contributed by atoms with E-state index in [-0.39, 0.29) is 31.0 Å². The fourth-order valence-electron chi connectivity index (χ4n) is 2.09. The third-order valence-electron chi connectivity index (χ3n) is 3.13. The van der Waals surface area contributed by atoms with Crippen LogP contribution in [0, 0.1) is 0 Å². The molecule has 7 heteroatoms. The van der Waals surface area contributed by atoms with E-state index in [1.165, 1.54) is 0 Å². The van der Waals surface area contributed by atoms with Gasteiger partial charge in [-0.05, 0) is 43.7 Å². The number of benzene rings is 1. The number of amides is 2. The van der Waals surface area contributed by atoms with Gasteiger partial charge >= 0.3 is 0 Å². The van der Waals surface area contributed by atoms with Crippen molar-refractivity contribution in [1.29, 1.82) is 0 Å². The van der Waals surface area contributed by atoms with Gasteiger partial charge in [-0.1, -0.05) is 6.42 Å². The van der Waals surface area contributed by atoms with Crippen LogP contribution in [0.2, 0.25) is 0 Å². The smallest absolute Gasteiger partial charge is 0.255 e. The number of piperidine rings is 1. The Labute approximate surface area is 129 Å². The lowest BCUT2D eigenvalue weighted by Crippen LogP contribution is -2.43. The molecule has 1 aromatic carbocycles. The topological polar surface area (TPSA) is 93.5 Å². The van der Waals surface area contributed by atoms with Crippen molar-refractivity contribution in [3.63, 3.8) is 0 Å². The number of hydrogen-bond acceptors (Lipinski definition) is 4. The first kappa shape index (κ1) is 17.3. The van der Waals surface area contributed by atoms with E-state index in [1.54, 1.807) is 24.3 Å². The molecule has 0 bridgehead atoms. The summed E-state index contributed by atoms with van der Waals surface area (Å²) < 4.78 is 5.14. The predicted molar refractivity (Wildman–Crippen MR) is 82.7 cm³/mol. The highest BCUT2D eigenvalue weighted by Crippen LogP contribution is 2.16. The summed E-state index contributed by atoms with van der Waals surface area (Å²) in [4.78, 5) is 22.6. The molecule has 2 rings (SSSR count). The molecule has 116 valence electrons. The lowest BCUT2D eigenvalue weighted by molar-refractivity contribution is -0.120. The highest BCUT2D eigenvalue weighted by atomic mass is 35.5. The molecule has 0 aromatic heterocycles. The van der Waals surface area contributed by atoms with Crippen LogP contribution in [-0.4, -0.2) is 31.0 Å². The summed E-state index contributed by atoms with van der Waals surface area (Å²) in [7, 11) is 0. The Hall–Kier alpha value is -1.79. The number of rotatable bonds is 5. The van der Waals surface area contributed by atoms with Gasteiger partial charge in [0.1, 0.15) is 5.75 Å². The van der Waals surface area contributed by atoms with E-state index in [2.05, 4.69) is 10.6 Å². The van der Waals surface area contributed by atoms with E-state index in [1.807, 2.05) is 0 Å². The second-order valence-corrected chi connectivity index (χ2v) is 4.77. The molecular formula is C14H20ClN3O3. The van der Waals surface area contributed by atoms with Crippen molar-refractivity contribution in [3.8, 4) is 5.75 Å². The first-order valence-electron chi connectivity index (χ1n) is 6.70. The maximum absolute atomic E-state index is 12.0. The lowest BCUT2D eigenvalue weighted by Gasteiger charge is -2.22. The van der Waals surface area contributed by atoms with Gasteiger partial charge in [-0.3, -0.25) is 9.59 Å². The summed E-state index contributed by atoms with van der Waals surface area (Å²) in [6, 6.07) is 6.72. The van der Waals surface area contributed by atoms with Crippen LogP contribution >= 0.6 is 12.4 Å². The zero-order valence-electron chi connectivity index (χ0n) is 11.6. The van der Waals surface area contributed by atoms with Crippen LogP contribution in [0.3, 0.4) is 0 Å². The Morgan fingerprint density at radius 2 is 2.00 bits per heavy atom. The summed E-state index contributed by atoms with van der Waals surface area (Å²) in [6.07, 6.45) is 3.06. The Bertz CT molecular complexity index is 473. The van der Waals surface area contributed by atoms with Gasteiger partial charge in [0.25, 0.3) is 5.91 Å². The quantitative estimate of drug-likeness (QED) is 0.757. The normalized spacial score (nSPS) is 17.4. The third-order valence-corrected chi connectivity index (χ3v) is 3.13. The van der Waals surface area contributed by atoms with E-state index in [4.69, 9.17) is 10.5 Å². The zero-order chi connectivity index (χ0) is 14.4. The first-order valence-corrected chi connectivity index (χ1v) is 6.70. The fraction of sp³-hybridized carbons (Fsp3) is 0.429. The average Bonchev–Trinajstić information content (AvgIpc) is 2.47. The largest absolute Gasteiger partial charge is 0.484 e. The summed E-state index contributed by atoms with van der Waals surface area (Å²) in [5.74, 6) is -0.00107. The predicted octanol–water partition coefficient (Wildman–Crippen LogP) is 1.05. The summed E-state index contributed by atoms with van der Waals surface area (Å²) in [5, 5.41) is 6.05. The summed E-state index contributed by atoms with van der Waals surface area (Å²) in [5.41, 5.74) is 5.69. The Morgan fingerprint density at radius 1 is 1.29 bits per heavy atom. The second-order valence-electron chi connectivity index (χ2n) is 4.77. The molecule has 0 spiro atoms. The molecular weight excluding hydrogens is 294 g/mol. The molecule has 2 amide bonds. The number of nitrogens with one attached hydrogen (secondary N) is 2. The van der Waals surface area contributed by atoms with Crippen molar-refractivity contribution in [2.45, 2.75) is 25.3 Å². The highest BCUT2D eigenvalue weighted by Gasteiger charge is 2.20. The maximum Gasteiger partial charge on any atom is 0.255 e. The lowest BCUT2D eigenvalue weighted by atomic mass is 10.0. The number of carbonyl (C=O) groups is 2. The molecule has 1 heterocycles. The molecule has 1 fully saturated rings. The fourth-order valence-corrected chi connectivity index (χ4v) is 2.09. The average molecular weight is 314 g/mol. The van der Waals surface area contributed by atoms with Crippen molar-refractivity contribution in [1.82, 2.24) is 5.32 Å². The number of hydrogen-bond donors (Lipinski definition) is 3. The van der Waals surface area contributed by atoms with E-state index >= 15 is 0 Å². The van der Waals surface area contributed by atoms with Crippen LogP contribution in [0.5, 0.6) is 5.75 Å². The van der Waals surface area contributed by atoms with Crippen LogP contribution in [0.25, 0.3) is 0 Å². The molecule has 4 N–H and O–H groups in total. The van der Waals surface area contributed by atoms with Gasteiger partial charge in [0.05, 0.1) is 6.04 Å². The molecule has 0 unspecified atom stereocenters. The molecule has 21 heavy (non-hydrogen) atoms. The van der Waals surface area contributed by atoms with Gasteiger partial charge in [-0.2, -0.15) is 0 Å². The zero-order valence-corrected chi connectivity index (χ0v) is 12.4. The van der Waals surface area contributed by atoms with Gasteiger partial charge in [0.2, 0.25) is 5.91 Å². The van der Waals surface area contributed by atoms with Crippen molar-refractivity contribution < 1.29 is 14.3 Å². The summed E-state index contributed by atoms with van der Waals surface area (Å²) >= 11 is 0. The van der Waals surface area contributed by atoms with Crippen molar-refractivity contribution in [2.75, 3.05) is 18.5 Å². The van der Waals surface area contributed by atoms with Gasteiger partial charge in [0, 0.05) is 5.69 Å². The first-order chi connectivity index (χ1) is 9.65. The number of primary amides is 1.